The van der Waals surface area contributed by atoms with E-state index in [4.69, 9.17) is 5.73 Å². The maximum Gasteiger partial charge on any atom is 0.408 e. The topological polar surface area (TPSA) is 93.3 Å². The van der Waals surface area contributed by atoms with Crippen LogP contribution in [0.4, 0.5) is 19.0 Å². The van der Waals surface area contributed by atoms with Crippen molar-refractivity contribution in [2.24, 2.45) is 10.7 Å². The van der Waals surface area contributed by atoms with Crippen LogP contribution in [-0.2, 0) is 11.2 Å². The number of hydrogen-bond donors (Lipinski definition) is 2. The van der Waals surface area contributed by atoms with Gasteiger partial charge in [-0.1, -0.05) is 0 Å². The number of anilines is 1. The van der Waals surface area contributed by atoms with Gasteiger partial charge in [-0.3, -0.25) is 0 Å². The lowest BCUT2D eigenvalue weighted by atomic mass is 10.2. The molecule has 1 heterocycles. The van der Waals surface area contributed by atoms with E-state index in [1.54, 1.807) is 0 Å². The molecule has 0 bridgehead atoms. The highest BCUT2D eigenvalue weighted by molar-refractivity contribution is 5.91. The van der Waals surface area contributed by atoms with Gasteiger partial charge in [0.25, 0.3) is 0 Å². The molecule has 0 aliphatic rings. The molecule has 0 radical (unpaired) electrons. The molecule has 0 aliphatic heterocycles. The summed E-state index contributed by atoms with van der Waals surface area (Å²) in [5.41, 5.74) is 5.34. The summed E-state index contributed by atoms with van der Waals surface area (Å²) >= 11 is 0. The molecule has 0 spiro atoms. The summed E-state index contributed by atoms with van der Waals surface area (Å²) in [7, 11) is 0. The molecule has 6 nitrogen and oxygen atoms in total. The summed E-state index contributed by atoms with van der Waals surface area (Å²) in [4.78, 5) is 21.5. The normalized spacial score (nSPS) is 12.2. The van der Waals surface area contributed by atoms with Crippen molar-refractivity contribution in [3.63, 3.8) is 0 Å². The van der Waals surface area contributed by atoms with Crippen molar-refractivity contribution in [3.8, 4) is 0 Å². The zero-order chi connectivity index (χ0) is 15.7. The number of carbonyl (C=O) groups is 1. The third-order valence-corrected chi connectivity index (χ3v) is 2.36. The average Bonchev–Trinajstić information content (AvgIpc) is 2.41. The minimum atomic E-state index is -4.40. The number of hydrogen-bond acceptors (Lipinski definition) is 4. The number of alkyl halides is 3. The van der Waals surface area contributed by atoms with Crippen molar-refractivity contribution in [2.75, 3.05) is 11.9 Å². The number of unbranched alkanes of at least 4 members (excludes halogenated alkanes) is 2. The molecule has 1 rings (SSSR count). The van der Waals surface area contributed by atoms with Crippen molar-refractivity contribution in [3.05, 3.63) is 18.1 Å². The van der Waals surface area contributed by atoms with Crippen LogP contribution in [0.15, 0.2) is 17.3 Å². The Morgan fingerprint density at radius 3 is 2.86 bits per heavy atom. The second kappa shape index (κ2) is 8.18. The molecule has 0 saturated carbocycles. The minimum absolute atomic E-state index is 0.277. The SMILES string of the molecule is NC(=NCC(F)(F)F)Nc1ccnc(CCCCC=O)n1. The van der Waals surface area contributed by atoms with Crippen LogP contribution in [0.25, 0.3) is 0 Å². The number of nitrogens with zero attached hydrogens (tertiary/aromatic N) is 3. The predicted molar refractivity (Wildman–Crippen MR) is 71.8 cm³/mol. The molecule has 0 unspecified atom stereocenters. The molecular formula is C12H16F3N5O. The lowest BCUT2D eigenvalue weighted by molar-refractivity contribution is -0.118. The van der Waals surface area contributed by atoms with Gasteiger partial charge in [-0.2, -0.15) is 13.2 Å². The highest BCUT2D eigenvalue weighted by atomic mass is 19.4. The third-order valence-electron chi connectivity index (χ3n) is 2.36. The minimum Gasteiger partial charge on any atom is -0.370 e. The first-order chi connectivity index (χ1) is 9.90. The number of rotatable bonds is 7. The van der Waals surface area contributed by atoms with E-state index >= 15 is 0 Å². The van der Waals surface area contributed by atoms with Crippen LogP contribution in [0, 0.1) is 0 Å². The molecule has 9 heteroatoms. The lowest BCUT2D eigenvalue weighted by Gasteiger charge is -2.07. The summed E-state index contributed by atoms with van der Waals surface area (Å²) < 4.78 is 35.9. The number of aliphatic imine (C=N–C) groups is 1. The van der Waals surface area contributed by atoms with E-state index in [0.29, 0.717) is 18.7 Å². The molecule has 0 aromatic carbocycles. The number of halogens is 3. The number of aryl methyl sites for hydroxylation is 1. The molecule has 0 atom stereocenters. The van der Waals surface area contributed by atoms with Crippen LogP contribution in [0.2, 0.25) is 0 Å². The number of nitrogens with one attached hydrogen (secondary N) is 1. The average molecular weight is 303 g/mol. The van der Waals surface area contributed by atoms with E-state index in [1.807, 2.05) is 0 Å². The summed E-state index contributed by atoms with van der Waals surface area (Å²) in [6.07, 6.45) is 0.456. The monoisotopic (exact) mass is 303 g/mol. The van der Waals surface area contributed by atoms with Crippen LogP contribution in [0.5, 0.6) is 0 Å². The summed E-state index contributed by atoms with van der Waals surface area (Å²) in [5.74, 6) is 0.436. The van der Waals surface area contributed by atoms with Crippen LogP contribution >= 0.6 is 0 Å². The fraction of sp³-hybridized carbons (Fsp3) is 0.500. The molecule has 0 fully saturated rings. The molecule has 1 aromatic rings. The number of nitrogens with two attached hydrogens (primary N) is 1. The first-order valence-electron chi connectivity index (χ1n) is 6.30. The van der Waals surface area contributed by atoms with E-state index in [2.05, 4.69) is 20.3 Å². The third kappa shape index (κ3) is 7.85. The van der Waals surface area contributed by atoms with Gasteiger partial charge >= 0.3 is 6.18 Å². The molecule has 0 saturated heterocycles. The molecule has 1 aromatic heterocycles. The number of carbonyl (C=O) groups excluding carboxylic acids is 1. The summed E-state index contributed by atoms with van der Waals surface area (Å²) in [5, 5.41) is 2.48. The van der Waals surface area contributed by atoms with Crippen LogP contribution in [0.1, 0.15) is 25.1 Å². The van der Waals surface area contributed by atoms with E-state index in [9.17, 15) is 18.0 Å². The molecular weight excluding hydrogens is 287 g/mol. The van der Waals surface area contributed by atoms with E-state index in [-0.39, 0.29) is 11.8 Å². The molecule has 0 amide bonds. The van der Waals surface area contributed by atoms with Crippen molar-refractivity contribution >= 4 is 18.1 Å². The predicted octanol–water partition coefficient (Wildman–Crippen LogP) is 1.68. The second-order valence-electron chi connectivity index (χ2n) is 4.21. The Morgan fingerprint density at radius 2 is 2.19 bits per heavy atom. The smallest absolute Gasteiger partial charge is 0.370 e. The van der Waals surface area contributed by atoms with Gasteiger partial charge in [0, 0.05) is 19.0 Å². The molecule has 21 heavy (non-hydrogen) atoms. The Bertz CT molecular complexity index is 490. The first-order valence-corrected chi connectivity index (χ1v) is 6.30. The highest BCUT2D eigenvalue weighted by Crippen LogP contribution is 2.14. The van der Waals surface area contributed by atoms with Gasteiger partial charge in [-0.25, -0.2) is 15.0 Å². The van der Waals surface area contributed by atoms with E-state index in [1.165, 1.54) is 12.3 Å². The molecule has 3 N–H and O–H groups in total. The number of aromatic nitrogens is 2. The largest absolute Gasteiger partial charge is 0.408 e. The van der Waals surface area contributed by atoms with Gasteiger partial charge in [0.2, 0.25) is 0 Å². The van der Waals surface area contributed by atoms with Crippen molar-refractivity contribution < 1.29 is 18.0 Å². The van der Waals surface area contributed by atoms with Crippen molar-refractivity contribution in [2.45, 2.75) is 31.9 Å². The van der Waals surface area contributed by atoms with Crippen molar-refractivity contribution in [1.82, 2.24) is 9.97 Å². The first kappa shape index (κ1) is 16.9. The van der Waals surface area contributed by atoms with Crippen LogP contribution in [0.3, 0.4) is 0 Å². The maximum atomic E-state index is 12.0. The quantitative estimate of drug-likeness (QED) is 0.346. The van der Waals surface area contributed by atoms with Crippen molar-refractivity contribution in [1.29, 1.82) is 0 Å². The fourth-order valence-corrected chi connectivity index (χ4v) is 1.45. The van der Waals surface area contributed by atoms with Gasteiger partial charge in [-0.05, 0) is 18.9 Å². The number of guanidine groups is 1. The Kier molecular flexibility index (Phi) is 6.57. The Labute approximate surface area is 119 Å². The highest BCUT2D eigenvalue weighted by Gasteiger charge is 2.26. The molecule has 116 valence electrons. The van der Waals surface area contributed by atoms with Gasteiger partial charge in [0.1, 0.15) is 24.5 Å². The lowest BCUT2D eigenvalue weighted by Crippen LogP contribution is -2.26. The fourth-order valence-electron chi connectivity index (χ4n) is 1.45. The molecule has 0 aliphatic carbocycles. The van der Waals surface area contributed by atoms with Crippen LogP contribution < -0.4 is 11.1 Å². The zero-order valence-corrected chi connectivity index (χ0v) is 11.2. The van der Waals surface area contributed by atoms with Crippen LogP contribution in [-0.4, -0.2) is 34.9 Å². The maximum absolute atomic E-state index is 12.0. The van der Waals surface area contributed by atoms with Gasteiger partial charge in [-0.15, -0.1) is 0 Å². The Hall–Kier alpha value is -2.19. The van der Waals surface area contributed by atoms with Gasteiger partial charge in [0.15, 0.2) is 5.96 Å². The summed E-state index contributed by atoms with van der Waals surface area (Å²) in [6.45, 7) is -1.35. The van der Waals surface area contributed by atoms with Gasteiger partial charge < -0.3 is 15.8 Å². The van der Waals surface area contributed by atoms with E-state index < -0.39 is 12.7 Å². The summed E-state index contributed by atoms with van der Waals surface area (Å²) in [6, 6.07) is 1.48. The zero-order valence-electron chi connectivity index (χ0n) is 11.2. The number of aldehydes is 1. The Morgan fingerprint density at radius 1 is 1.43 bits per heavy atom. The standard InChI is InChI=1S/C12H16F3N5O/c13-12(14,15)8-18-11(16)20-10-5-6-17-9(19-10)4-2-1-3-7-21/h5-7H,1-4,8H2,(H3,16,17,18,19,20). The Balaban J connectivity index is 2.53. The van der Waals surface area contributed by atoms with E-state index in [0.717, 1.165) is 19.1 Å². The second-order valence-corrected chi connectivity index (χ2v) is 4.21. The van der Waals surface area contributed by atoms with Gasteiger partial charge in [0.05, 0.1) is 0 Å².